The molecule has 11 heteroatoms. The summed E-state index contributed by atoms with van der Waals surface area (Å²) in [5.41, 5.74) is 8.63. The van der Waals surface area contributed by atoms with Crippen LogP contribution in [0, 0.1) is 0 Å². The molecule has 2 aliphatic rings. The maximum absolute atomic E-state index is 12.4. The van der Waals surface area contributed by atoms with Crippen molar-refractivity contribution in [2.45, 2.75) is 62.2 Å². The van der Waals surface area contributed by atoms with E-state index >= 15 is 0 Å². The van der Waals surface area contributed by atoms with Crippen molar-refractivity contribution in [2.24, 2.45) is 5.11 Å². The van der Waals surface area contributed by atoms with Gasteiger partial charge in [-0.1, -0.05) is 21.0 Å². The molecule has 0 aromatic carbocycles. The third-order valence-corrected chi connectivity index (χ3v) is 4.66. The Kier molecular flexibility index (Phi) is 5.71. The quantitative estimate of drug-likeness (QED) is 0.306. The molecule has 10 nitrogen and oxygen atoms in total. The Balaban J connectivity index is 2.32. The van der Waals surface area contributed by atoms with E-state index in [9.17, 15) is 14.7 Å². The number of amides is 3. The number of nitrogens with zero attached hydrogens (tertiary/aromatic N) is 4. The average Bonchev–Trinajstić information content (AvgIpc) is 2.88. The highest BCUT2D eigenvalue weighted by Gasteiger charge is 2.54. The van der Waals surface area contributed by atoms with E-state index in [0.717, 1.165) is 0 Å². The molecule has 2 rings (SSSR count). The number of azide groups is 1. The second-order valence-electron chi connectivity index (χ2n) is 6.10. The maximum atomic E-state index is 12.4. The fourth-order valence-corrected chi connectivity index (χ4v) is 3.16. The molecule has 0 bridgehead atoms. The van der Waals surface area contributed by atoms with Crippen molar-refractivity contribution >= 4 is 27.9 Å². The van der Waals surface area contributed by atoms with Crippen molar-refractivity contribution in [1.29, 1.82) is 0 Å². The second-order valence-corrected chi connectivity index (χ2v) is 7.75. The van der Waals surface area contributed by atoms with Gasteiger partial charge in [-0.25, -0.2) is 4.79 Å². The standard InChI is InChI=1S/C13H20BrN5O5/c1-6(2)23-11-13(3,14)10(21)16-12(22)19(11)9-4-7(17-18-15)8(5-20)24-9/h6-9,11,20H,4-5H2,1-3H3,(H,16,21,22)/t7?,8?,9?,11-,13+/m1/s1. The normalized spacial score (nSPS) is 36.7. The smallest absolute Gasteiger partial charge is 0.328 e. The number of hydrogen-bond donors (Lipinski definition) is 2. The molecule has 24 heavy (non-hydrogen) atoms. The van der Waals surface area contributed by atoms with Crippen molar-refractivity contribution in [3.05, 3.63) is 10.4 Å². The molecule has 0 aliphatic carbocycles. The van der Waals surface area contributed by atoms with Gasteiger partial charge in [-0.05, 0) is 26.3 Å². The van der Waals surface area contributed by atoms with Gasteiger partial charge in [0.1, 0.15) is 10.6 Å². The van der Waals surface area contributed by atoms with Gasteiger partial charge in [0.2, 0.25) is 5.91 Å². The SMILES string of the molecule is CC(C)O[C@H]1N(C2CC(N=[N+]=[N-])C(CO)O2)C(=O)NC(=O)[C@]1(C)Br. The zero-order valence-corrected chi connectivity index (χ0v) is 15.1. The number of carbonyl (C=O) groups excluding carboxylic acids is 2. The van der Waals surface area contributed by atoms with Gasteiger partial charge in [0, 0.05) is 11.3 Å². The molecule has 2 saturated heterocycles. The molecule has 0 spiro atoms. The molecular weight excluding hydrogens is 386 g/mol. The third kappa shape index (κ3) is 3.50. The minimum absolute atomic E-state index is 0.192. The number of aliphatic hydroxyl groups is 1. The van der Waals surface area contributed by atoms with Crippen LogP contribution in [0.1, 0.15) is 27.2 Å². The van der Waals surface area contributed by atoms with Gasteiger partial charge in [-0.3, -0.25) is 15.0 Å². The van der Waals surface area contributed by atoms with Crippen LogP contribution in [0.25, 0.3) is 10.4 Å². The van der Waals surface area contributed by atoms with Crippen LogP contribution < -0.4 is 5.32 Å². The molecule has 2 aliphatic heterocycles. The molecule has 0 aromatic heterocycles. The van der Waals surface area contributed by atoms with E-state index in [1.54, 1.807) is 20.8 Å². The molecule has 134 valence electrons. The maximum Gasteiger partial charge on any atom is 0.328 e. The minimum Gasteiger partial charge on any atom is -0.394 e. The number of hydrogen-bond acceptors (Lipinski definition) is 6. The summed E-state index contributed by atoms with van der Waals surface area (Å²) in [5.74, 6) is -0.516. The van der Waals surface area contributed by atoms with E-state index in [1.165, 1.54) is 4.90 Å². The molecular formula is C13H20BrN5O5. The van der Waals surface area contributed by atoms with E-state index in [4.69, 9.17) is 15.0 Å². The molecule has 0 aromatic rings. The Labute approximate surface area is 147 Å². The highest BCUT2D eigenvalue weighted by molar-refractivity contribution is 9.10. The lowest BCUT2D eigenvalue weighted by Crippen LogP contribution is -2.69. The second kappa shape index (κ2) is 7.24. The van der Waals surface area contributed by atoms with Crippen molar-refractivity contribution in [2.75, 3.05) is 6.61 Å². The fraction of sp³-hybridized carbons (Fsp3) is 0.846. The Bertz CT molecular complexity index is 565. The Morgan fingerprint density at radius 2 is 2.29 bits per heavy atom. The number of rotatable bonds is 5. The van der Waals surface area contributed by atoms with Crippen LogP contribution in [0.5, 0.6) is 0 Å². The summed E-state index contributed by atoms with van der Waals surface area (Å²) >= 11 is 3.33. The van der Waals surface area contributed by atoms with Gasteiger partial charge in [0.25, 0.3) is 0 Å². The lowest BCUT2D eigenvalue weighted by molar-refractivity contribution is -0.168. The number of alkyl halides is 1. The van der Waals surface area contributed by atoms with Crippen molar-refractivity contribution in [1.82, 2.24) is 10.2 Å². The predicted octanol–water partition coefficient (Wildman–Crippen LogP) is 1.23. The number of halogens is 1. The van der Waals surface area contributed by atoms with Crippen molar-refractivity contribution < 1.29 is 24.2 Å². The van der Waals surface area contributed by atoms with E-state index in [1.807, 2.05) is 0 Å². The first-order valence-electron chi connectivity index (χ1n) is 7.51. The Morgan fingerprint density at radius 1 is 1.62 bits per heavy atom. The van der Waals surface area contributed by atoms with Gasteiger partial charge < -0.3 is 14.6 Å². The molecule has 2 heterocycles. The zero-order chi connectivity index (χ0) is 18.1. The van der Waals surface area contributed by atoms with Crippen LogP contribution in [0.2, 0.25) is 0 Å². The van der Waals surface area contributed by atoms with E-state index in [-0.39, 0.29) is 19.1 Å². The topological polar surface area (TPSA) is 137 Å². The highest BCUT2D eigenvalue weighted by Crippen LogP contribution is 2.36. The fourth-order valence-electron chi connectivity index (χ4n) is 2.73. The molecule has 2 N–H and O–H groups in total. The highest BCUT2D eigenvalue weighted by atomic mass is 79.9. The summed E-state index contributed by atoms with van der Waals surface area (Å²) in [6.45, 7) is 4.81. The van der Waals surface area contributed by atoms with Crippen LogP contribution >= 0.6 is 15.9 Å². The van der Waals surface area contributed by atoms with Gasteiger partial charge >= 0.3 is 6.03 Å². The molecule has 0 saturated carbocycles. The Hall–Kier alpha value is -1.39. The van der Waals surface area contributed by atoms with Crippen LogP contribution in [-0.4, -0.2) is 63.6 Å². The number of urea groups is 1. The van der Waals surface area contributed by atoms with Gasteiger partial charge in [0.05, 0.1) is 24.9 Å². The number of nitrogens with one attached hydrogen (secondary N) is 1. The zero-order valence-electron chi connectivity index (χ0n) is 13.5. The van der Waals surface area contributed by atoms with Crippen LogP contribution in [0.4, 0.5) is 4.79 Å². The first-order valence-corrected chi connectivity index (χ1v) is 8.30. The Morgan fingerprint density at radius 3 is 2.83 bits per heavy atom. The minimum atomic E-state index is -1.18. The van der Waals surface area contributed by atoms with Gasteiger partial charge in [-0.2, -0.15) is 0 Å². The number of imide groups is 1. The van der Waals surface area contributed by atoms with Gasteiger partial charge in [0.15, 0.2) is 6.23 Å². The predicted molar refractivity (Wildman–Crippen MR) is 86.0 cm³/mol. The van der Waals surface area contributed by atoms with Gasteiger partial charge in [-0.15, -0.1) is 0 Å². The molecule has 3 amide bonds. The monoisotopic (exact) mass is 405 g/mol. The van der Waals surface area contributed by atoms with E-state index in [0.29, 0.717) is 0 Å². The molecule has 3 unspecified atom stereocenters. The van der Waals surface area contributed by atoms with E-state index in [2.05, 4.69) is 31.3 Å². The average molecular weight is 406 g/mol. The van der Waals surface area contributed by atoms with Crippen LogP contribution in [-0.2, 0) is 14.3 Å². The summed E-state index contributed by atoms with van der Waals surface area (Å²) in [4.78, 5) is 28.5. The van der Waals surface area contributed by atoms with Crippen LogP contribution in [0.3, 0.4) is 0 Å². The molecule has 2 fully saturated rings. The summed E-state index contributed by atoms with van der Waals surface area (Å²) < 4.78 is 10.3. The first kappa shape index (κ1) is 18.9. The molecule has 5 atom stereocenters. The number of aliphatic hydroxyl groups excluding tert-OH is 1. The lowest BCUT2D eigenvalue weighted by atomic mass is 10.0. The number of ether oxygens (including phenoxy) is 2. The lowest BCUT2D eigenvalue weighted by Gasteiger charge is -2.45. The largest absolute Gasteiger partial charge is 0.394 e. The summed E-state index contributed by atoms with van der Waals surface area (Å²) in [6, 6.07) is -1.28. The number of carbonyl (C=O) groups is 2. The summed E-state index contributed by atoms with van der Waals surface area (Å²) in [6.07, 6.45) is -2.51. The first-order chi connectivity index (χ1) is 11.2. The summed E-state index contributed by atoms with van der Waals surface area (Å²) in [5, 5.41) is 15.2. The van der Waals surface area contributed by atoms with Crippen molar-refractivity contribution in [3.8, 4) is 0 Å². The van der Waals surface area contributed by atoms with Crippen molar-refractivity contribution in [3.63, 3.8) is 0 Å². The van der Waals surface area contributed by atoms with E-state index < -0.39 is 40.9 Å². The molecule has 0 radical (unpaired) electrons. The third-order valence-electron chi connectivity index (χ3n) is 3.91. The summed E-state index contributed by atoms with van der Waals surface area (Å²) in [7, 11) is 0. The van der Waals surface area contributed by atoms with Crippen LogP contribution in [0.15, 0.2) is 5.11 Å².